The second-order valence-corrected chi connectivity index (χ2v) is 7.15. The summed E-state index contributed by atoms with van der Waals surface area (Å²) in [6.45, 7) is 2.84. The fourth-order valence-electron chi connectivity index (χ4n) is 3.73. The molecule has 8 heteroatoms. The summed E-state index contributed by atoms with van der Waals surface area (Å²) < 4.78 is 5.34. The summed E-state index contributed by atoms with van der Waals surface area (Å²) in [6.07, 6.45) is 1.25. The number of hydrogen-bond acceptors (Lipinski definition) is 4. The molecule has 2 amide bonds. The van der Waals surface area contributed by atoms with Gasteiger partial charge in [-0.25, -0.2) is 0 Å². The minimum absolute atomic E-state index is 0. The van der Waals surface area contributed by atoms with Gasteiger partial charge in [-0.1, -0.05) is 11.6 Å². The third-order valence-electron chi connectivity index (χ3n) is 5.00. The fourth-order valence-corrected chi connectivity index (χ4v) is 3.89. The highest BCUT2D eigenvalue weighted by Crippen LogP contribution is 2.36. The molecule has 0 radical (unpaired) electrons. The molecule has 0 aliphatic carbocycles. The maximum atomic E-state index is 12.8. The molecule has 2 aliphatic heterocycles. The first-order valence-corrected chi connectivity index (χ1v) is 8.98. The van der Waals surface area contributed by atoms with E-state index in [1.54, 1.807) is 30.2 Å². The number of methoxy groups -OCH3 is 1. The predicted octanol–water partition coefficient (Wildman–Crippen LogP) is 2.19. The number of ether oxygens (including phenoxy) is 1. The van der Waals surface area contributed by atoms with Crippen molar-refractivity contribution in [3.63, 3.8) is 0 Å². The average Bonchev–Trinajstić information content (AvgIpc) is 3.21. The Morgan fingerprint density at radius 2 is 2.15 bits per heavy atom. The lowest BCUT2D eigenvalue weighted by molar-refractivity contribution is -0.134. The van der Waals surface area contributed by atoms with Gasteiger partial charge >= 0.3 is 0 Å². The van der Waals surface area contributed by atoms with Gasteiger partial charge in [-0.3, -0.25) is 9.59 Å². The molecule has 26 heavy (non-hydrogen) atoms. The summed E-state index contributed by atoms with van der Waals surface area (Å²) in [5, 5.41) is 3.70. The number of carbonyl (C=O) groups excluding carboxylic acids is 2. The quantitative estimate of drug-likeness (QED) is 0.821. The van der Waals surface area contributed by atoms with Gasteiger partial charge in [-0.15, -0.1) is 12.4 Å². The van der Waals surface area contributed by atoms with Crippen LogP contribution in [-0.2, 0) is 9.59 Å². The highest BCUT2D eigenvalue weighted by atomic mass is 35.5. The van der Waals surface area contributed by atoms with Crippen LogP contribution < -0.4 is 15.0 Å². The van der Waals surface area contributed by atoms with Gasteiger partial charge in [0.15, 0.2) is 0 Å². The first-order chi connectivity index (χ1) is 12.0. The monoisotopic (exact) mass is 401 g/mol. The molecular formula is C18H25Cl2N3O3. The first-order valence-electron chi connectivity index (χ1n) is 8.60. The van der Waals surface area contributed by atoms with E-state index in [1.807, 2.05) is 11.9 Å². The summed E-state index contributed by atoms with van der Waals surface area (Å²) in [4.78, 5) is 28.8. The number of amides is 2. The predicted molar refractivity (Wildman–Crippen MR) is 104 cm³/mol. The number of rotatable bonds is 5. The van der Waals surface area contributed by atoms with E-state index in [4.69, 9.17) is 16.3 Å². The Balaban J connectivity index is 0.00000243. The fraction of sp³-hybridized carbons (Fsp3) is 0.556. The number of anilines is 1. The third kappa shape index (κ3) is 4.24. The van der Waals surface area contributed by atoms with E-state index in [-0.39, 0.29) is 36.6 Å². The molecule has 1 aromatic rings. The van der Waals surface area contributed by atoms with E-state index >= 15 is 0 Å². The van der Waals surface area contributed by atoms with Crippen molar-refractivity contribution in [3.8, 4) is 5.75 Å². The number of nitrogens with zero attached hydrogens (tertiary/aromatic N) is 2. The molecule has 2 aliphatic rings. The van der Waals surface area contributed by atoms with E-state index < -0.39 is 0 Å². The number of nitrogens with one attached hydrogen (secondary N) is 1. The van der Waals surface area contributed by atoms with E-state index in [0.29, 0.717) is 28.9 Å². The van der Waals surface area contributed by atoms with Crippen molar-refractivity contribution >= 4 is 41.5 Å². The van der Waals surface area contributed by atoms with Gasteiger partial charge in [-0.2, -0.15) is 0 Å². The van der Waals surface area contributed by atoms with Crippen LogP contribution in [0.5, 0.6) is 5.75 Å². The molecule has 0 spiro atoms. The second-order valence-electron chi connectivity index (χ2n) is 6.72. The average molecular weight is 402 g/mol. The number of hydrogen-bond donors (Lipinski definition) is 1. The number of likely N-dealkylation sites (tertiary alicyclic amines) is 1. The minimum Gasteiger partial charge on any atom is -0.495 e. The molecule has 2 heterocycles. The maximum absolute atomic E-state index is 12.8. The van der Waals surface area contributed by atoms with Gasteiger partial charge in [0, 0.05) is 31.1 Å². The number of carbonyl (C=O) groups is 2. The van der Waals surface area contributed by atoms with Crippen LogP contribution in [0.2, 0.25) is 5.02 Å². The molecule has 1 N–H and O–H groups in total. The highest BCUT2D eigenvalue weighted by Gasteiger charge is 2.39. The Hall–Kier alpha value is -1.50. The summed E-state index contributed by atoms with van der Waals surface area (Å²) in [5.74, 6) is 0.793. The Kier molecular flexibility index (Phi) is 7.15. The first kappa shape index (κ1) is 20.8. The normalized spacial score (nSPS) is 22.5. The molecule has 6 nitrogen and oxygen atoms in total. The smallest absolute Gasteiger partial charge is 0.228 e. The number of halogens is 2. The summed E-state index contributed by atoms with van der Waals surface area (Å²) in [5.41, 5.74) is 0.629. The van der Waals surface area contributed by atoms with Crippen LogP contribution in [0.3, 0.4) is 0 Å². The van der Waals surface area contributed by atoms with Crippen molar-refractivity contribution < 1.29 is 14.3 Å². The molecule has 2 unspecified atom stereocenters. The van der Waals surface area contributed by atoms with Crippen LogP contribution in [0, 0.1) is 11.8 Å². The number of benzene rings is 1. The molecule has 2 fully saturated rings. The molecule has 1 aromatic carbocycles. The van der Waals surface area contributed by atoms with Crippen LogP contribution in [0.15, 0.2) is 18.2 Å². The van der Waals surface area contributed by atoms with Gasteiger partial charge < -0.3 is 19.9 Å². The van der Waals surface area contributed by atoms with Crippen molar-refractivity contribution in [2.75, 3.05) is 45.2 Å². The van der Waals surface area contributed by atoms with Gasteiger partial charge in [-0.05, 0) is 44.1 Å². The summed E-state index contributed by atoms with van der Waals surface area (Å²) in [6, 6.07) is 5.17. The van der Waals surface area contributed by atoms with Crippen LogP contribution in [0.25, 0.3) is 0 Å². The summed E-state index contributed by atoms with van der Waals surface area (Å²) >= 11 is 6.07. The van der Waals surface area contributed by atoms with Crippen molar-refractivity contribution in [1.82, 2.24) is 10.2 Å². The molecule has 0 aromatic heterocycles. The molecule has 2 saturated heterocycles. The van der Waals surface area contributed by atoms with Crippen LogP contribution >= 0.6 is 24.0 Å². The van der Waals surface area contributed by atoms with Crippen molar-refractivity contribution in [2.45, 2.75) is 12.8 Å². The largest absolute Gasteiger partial charge is 0.495 e. The zero-order valence-corrected chi connectivity index (χ0v) is 16.6. The third-order valence-corrected chi connectivity index (χ3v) is 5.23. The highest BCUT2D eigenvalue weighted by molar-refractivity contribution is 6.31. The van der Waals surface area contributed by atoms with Gasteiger partial charge in [0.2, 0.25) is 11.8 Å². The topological polar surface area (TPSA) is 61.9 Å². The van der Waals surface area contributed by atoms with E-state index in [1.165, 1.54) is 0 Å². The Labute approximate surface area is 165 Å². The van der Waals surface area contributed by atoms with Crippen LogP contribution in [0.4, 0.5) is 5.69 Å². The van der Waals surface area contributed by atoms with E-state index in [2.05, 4.69) is 5.32 Å². The zero-order chi connectivity index (χ0) is 18.0. The summed E-state index contributed by atoms with van der Waals surface area (Å²) in [7, 11) is 3.48. The van der Waals surface area contributed by atoms with Crippen molar-refractivity contribution in [2.24, 2.45) is 11.8 Å². The Morgan fingerprint density at radius 1 is 1.38 bits per heavy atom. The lowest BCUT2D eigenvalue weighted by atomic mass is 10.1. The van der Waals surface area contributed by atoms with Gasteiger partial charge in [0.1, 0.15) is 5.75 Å². The van der Waals surface area contributed by atoms with E-state index in [0.717, 1.165) is 26.1 Å². The van der Waals surface area contributed by atoms with E-state index in [9.17, 15) is 9.59 Å². The van der Waals surface area contributed by atoms with Gasteiger partial charge in [0.25, 0.3) is 0 Å². The molecule has 0 saturated carbocycles. The van der Waals surface area contributed by atoms with Gasteiger partial charge in [0.05, 0.1) is 18.7 Å². The second kappa shape index (κ2) is 8.93. The van der Waals surface area contributed by atoms with Crippen molar-refractivity contribution in [1.29, 1.82) is 0 Å². The molecule has 144 valence electrons. The van der Waals surface area contributed by atoms with Crippen LogP contribution in [0.1, 0.15) is 12.8 Å². The molecular weight excluding hydrogens is 377 g/mol. The Bertz CT molecular complexity index is 671. The molecule has 3 rings (SSSR count). The SMILES string of the molecule is CNCC1CCN(C(=O)C2CC(=O)N(c3cc(Cl)ccc3OC)C2)C1.Cl. The molecule has 2 atom stereocenters. The standard InChI is InChI=1S/C18H24ClN3O3.ClH/c1-20-9-12-5-6-21(10-12)18(24)13-7-17(23)22(11-13)15-8-14(19)3-4-16(15)25-2;/h3-4,8,12-13,20H,5-7,9-11H2,1-2H3;1H. The molecule has 0 bridgehead atoms. The maximum Gasteiger partial charge on any atom is 0.228 e. The zero-order valence-electron chi connectivity index (χ0n) is 15.0. The minimum atomic E-state index is -0.301. The van der Waals surface area contributed by atoms with Crippen LogP contribution in [-0.4, -0.2) is 57.1 Å². The lowest BCUT2D eigenvalue weighted by Crippen LogP contribution is -2.36. The van der Waals surface area contributed by atoms with Crippen molar-refractivity contribution in [3.05, 3.63) is 23.2 Å². The lowest BCUT2D eigenvalue weighted by Gasteiger charge is -2.22. The Morgan fingerprint density at radius 3 is 2.85 bits per heavy atom.